The first-order valence-electron chi connectivity index (χ1n) is 5.13. The second kappa shape index (κ2) is 5.85. The topological polar surface area (TPSA) is 71.1 Å². The van der Waals surface area contributed by atoms with Gasteiger partial charge in [-0.1, -0.05) is 0 Å². The maximum atomic E-state index is 11.6. The van der Waals surface area contributed by atoms with E-state index in [1.54, 1.807) is 25.3 Å². The van der Waals surface area contributed by atoms with Crippen LogP contribution in [0.15, 0.2) is 24.5 Å². The summed E-state index contributed by atoms with van der Waals surface area (Å²) < 4.78 is 0. The van der Waals surface area contributed by atoms with Crippen LogP contribution in [-0.2, 0) is 4.79 Å². The van der Waals surface area contributed by atoms with E-state index in [0.29, 0.717) is 12.1 Å². The van der Waals surface area contributed by atoms with Crippen molar-refractivity contribution in [3.63, 3.8) is 0 Å². The summed E-state index contributed by atoms with van der Waals surface area (Å²) in [6, 6.07) is 2.77. The molecule has 0 saturated heterocycles. The van der Waals surface area contributed by atoms with Crippen molar-refractivity contribution < 1.29 is 9.59 Å². The fraction of sp³-hybridized carbons (Fsp3) is 0.364. The number of carbonyl (C=O) groups is 2. The number of carbonyl (C=O) groups excluding carboxylic acids is 2. The number of aromatic nitrogens is 1. The second-order valence-electron chi connectivity index (χ2n) is 3.33. The largest absolute Gasteiger partial charge is 0.355 e. The van der Waals surface area contributed by atoms with Gasteiger partial charge in [-0.3, -0.25) is 14.6 Å². The smallest absolute Gasteiger partial charge is 0.253 e. The Bertz CT molecular complexity index is 365. The Hall–Kier alpha value is -1.91. The van der Waals surface area contributed by atoms with E-state index in [2.05, 4.69) is 15.6 Å². The first kappa shape index (κ1) is 12.2. The van der Waals surface area contributed by atoms with E-state index in [1.807, 2.05) is 6.92 Å². The van der Waals surface area contributed by atoms with E-state index in [9.17, 15) is 9.59 Å². The maximum absolute atomic E-state index is 11.6. The SMILES string of the molecule is CCNC(=O)C(C)NC(=O)c1cccnc1. The average Bonchev–Trinajstić information content (AvgIpc) is 2.30. The predicted octanol–water partition coefficient (Wildman–Crippen LogP) is 0.336. The van der Waals surface area contributed by atoms with E-state index in [1.165, 1.54) is 6.20 Å². The minimum absolute atomic E-state index is 0.195. The Morgan fingerprint density at radius 3 is 2.81 bits per heavy atom. The average molecular weight is 221 g/mol. The molecule has 2 amide bonds. The molecule has 0 aromatic carbocycles. The molecule has 0 radical (unpaired) electrons. The Morgan fingerprint density at radius 1 is 1.50 bits per heavy atom. The summed E-state index contributed by atoms with van der Waals surface area (Å²) in [4.78, 5) is 26.8. The minimum Gasteiger partial charge on any atom is -0.355 e. The predicted molar refractivity (Wildman–Crippen MR) is 59.8 cm³/mol. The zero-order valence-corrected chi connectivity index (χ0v) is 9.36. The normalized spacial score (nSPS) is 11.6. The van der Waals surface area contributed by atoms with E-state index >= 15 is 0 Å². The number of likely N-dealkylation sites (N-methyl/N-ethyl adjacent to an activating group) is 1. The molecule has 0 aliphatic carbocycles. The molecule has 1 heterocycles. The number of nitrogens with one attached hydrogen (secondary N) is 2. The lowest BCUT2D eigenvalue weighted by atomic mass is 10.2. The zero-order valence-electron chi connectivity index (χ0n) is 9.36. The van der Waals surface area contributed by atoms with Crippen molar-refractivity contribution in [2.24, 2.45) is 0 Å². The highest BCUT2D eigenvalue weighted by Crippen LogP contribution is 1.96. The van der Waals surface area contributed by atoms with Gasteiger partial charge in [0, 0.05) is 18.9 Å². The lowest BCUT2D eigenvalue weighted by molar-refractivity contribution is -0.122. The van der Waals surface area contributed by atoms with Gasteiger partial charge in [0.2, 0.25) is 5.91 Å². The molecule has 1 unspecified atom stereocenters. The third kappa shape index (κ3) is 3.34. The Morgan fingerprint density at radius 2 is 2.25 bits per heavy atom. The standard InChI is InChI=1S/C11H15N3O2/c1-3-13-10(15)8(2)14-11(16)9-5-4-6-12-7-9/h4-8H,3H2,1-2H3,(H,13,15)(H,14,16). The van der Waals surface area contributed by atoms with Crippen LogP contribution in [0.2, 0.25) is 0 Å². The molecule has 16 heavy (non-hydrogen) atoms. The number of rotatable bonds is 4. The quantitative estimate of drug-likeness (QED) is 0.770. The fourth-order valence-electron chi connectivity index (χ4n) is 1.17. The van der Waals surface area contributed by atoms with Gasteiger partial charge in [0.1, 0.15) is 6.04 Å². The van der Waals surface area contributed by atoms with Gasteiger partial charge in [-0.25, -0.2) is 0 Å². The van der Waals surface area contributed by atoms with Crippen molar-refractivity contribution in [2.45, 2.75) is 19.9 Å². The Kier molecular flexibility index (Phi) is 4.44. The molecular formula is C11H15N3O2. The highest BCUT2D eigenvalue weighted by molar-refractivity contribution is 5.97. The summed E-state index contributed by atoms with van der Waals surface area (Å²) >= 11 is 0. The molecule has 86 valence electrons. The van der Waals surface area contributed by atoms with Gasteiger partial charge in [-0.05, 0) is 26.0 Å². The third-order valence-corrected chi connectivity index (χ3v) is 2.02. The Labute approximate surface area is 94.3 Å². The molecule has 0 spiro atoms. The van der Waals surface area contributed by atoms with Crippen molar-refractivity contribution in [3.8, 4) is 0 Å². The van der Waals surface area contributed by atoms with Crippen molar-refractivity contribution >= 4 is 11.8 Å². The molecule has 5 heteroatoms. The van der Waals surface area contributed by atoms with Gasteiger partial charge in [-0.15, -0.1) is 0 Å². The zero-order chi connectivity index (χ0) is 12.0. The molecule has 5 nitrogen and oxygen atoms in total. The molecule has 1 rings (SSSR count). The summed E-state index contributed by atoms with van der Waals surface area (Å²) in [6.45, 7) is 4.01. The third-order valence-electron chi connectivity index (χ3n) is 2.02. The molecule has 0 bridgehead atoms. The van der Waals surface area contributed by atoms with Gasteiger partial charge in [0.05, 0.1) is 5.56 Å². The molecule has 0 aliphatic rings. The number of hydrogen-bond donors (Lipinski definition) is 2. The second-order valence-corrected chi connectivity index (χ2v) is 3.33. The number of pyridine rings is 1. The first-order chi connectivity index (χ1) is 7.65. The summed E-state index contributed by atoms with van der Waals surface area (Å²) in [5.41, 5.74) is 0.443. The van der Waals surface area contributed by atoms with Crippen LogP contribution in [-0.4, -0.2) is 29.4 Å². The Balaban J connectivity index is 2.55. The van der Waals surface area contributed by atoms with Crippen LogP contribution in [0.4, 0.5) is 0 Å². The van der Waals surface area contributed by atoms with Crippen molar-refractivity contribution in [2.75, 3.05) is 6.54 Å². The van der Waals surface area contributed by atoms with Crippen LogP contribution in [0.5, 0.6) is 0 Å². The molecular weight excluding hydrogens is 206 g/mol. The van der Waals surface area contributed by atoms with Crippen LogP contribution < -0.4 is 10.6 Å². The fourth-order valence-corrected chi connectivity index (χ4v) is 1.17. The summed E-state index contributed by atoms with van der Waals surface area (Å²) in [7, 11) is 0. The van der Waals surface area contributed by atoms with E-state index < -0.39 is 6.04 Å². The minimum atomic E-state index is -0.548. The summed E-state index contributed by atoms with van der Waals surface area (Å²) in [6.07, 6.45) is 3.05. The van der Waals surface area contributed by atoms with Gasteiger partial charge in [-0.2, -0.15) is 0 Å². The van der Waals surface area contributed by atoms with Crippen molar-refractivity contribution in [1.29, 1.82) is 0 Å². The molecule has 2 N–H and O–H groups in total. The van der Waals surface area contributed by atoms with Crippen LogP contribution in [0, 0.1) is 0 Å². The lowest BCUT2D eigenvalue weighted by Crippen LogP contribution is -2.44. The molecule has 1 aromatic rings. The van der Waals surface area contributed by atoms with Crippen molar-refractivity contribution in [3.05, 3.63) is 30.1 Å². The molecule has 1 atom stereocenters. The van der Waals surface area contributed by atoms with E-state index in [4.69, 9.17) is 0 Å². The lowest BCUT2D eigenvalue weighted by Gasteiger charge is -2.12. The van der Waals surface area contributed by atoms with Crippen LogP contribution in [0.3, 0.4) is 0 Å². The molecule has 1 aromatic heterocycles. The van der Waals surface area contributed by atoms with Crippen LogP contribution in [0.1, 0.15) is 24.2 Å². The monoisotopic (exact) mass is 221 g/mol. The highest BCUT2D eigenvalue weighted by atomic mass is 16.2. The van der Waals surface area contributed by atoms with Gasteiger partial charge >= 0.3 is 0 Å². The van der Waals surface area contributed by atoms with Gasteiger partial charge < -0.3 is 10.6 Å². The summed E-state index contributed by atoms with van der Waals surface area (Å²) in [5.74, 6) is -0.494. The number of nitrogens with zero attached hydrogens (tertiary/aromatic N) is 1. The van der Waals surface area contributed by atoms with Crippen LogP contribution in [0.25, 0.3) is 0 Å². The highest BCUT2D eigenvalue weighted by Gasteiger charge is 2.15. The molecule has 0 saturated carbocycles. The van der Waals surface area contributed by atoms with E-state index in [-0.39, 0.29) is 11.8 Å². The molecule has 0 fully saturated rings. The van der Waals surface area contributed by atoms with Gasteiger partial charge in [0.25, 0.3) is 5.91 Å². The first-order valence-corrected chi connectivity index (χ1v) is 5.13. The van der Waals surface area contributed by atoms with Crippen molar-refractivity contribution in [1.82, 2.24) is 15.6 Å². The van der Waals surface area contributed by atoms with Crippen LogP contribution >= 0.6 is 0 Å². The number of hydrogen-bond acceptors (Lipinski definition) is 3. The maximum Gasteiger partial charge on any atom is 0.253 e. The van der Waals surface area contributed by atoms with E-state index in [0.717, 1.165) is 0 Å². The molecule has 0 aliphatic heterocycles. The number of amides is 2. The van der Waals surface area contributed by atoms with Gasteiger partial charge in [0.15, 0.2) is 0 Å². The summed E-state index contributed by atoms with van der Waals surface area (Å²) in [5, 5.41) is 5.22.